The van der Waals surface area contributed by atoms with E-state index in [2.05, 4.69) is 10.3 Å². The molecule has 0 unspecified atom stereocenters. The molecule has 6 heteroatoms. The van der Waals surface area contributed by atoms with Gasteiger partial charge in [0.15, 0.2) is 0 Å². The highest BCUT2D eigenvalue weighted by atomic mass is 19.1. The lowest BCUT2D eigenvalue weighted by molar-refractivity contribution is -0.127. The normalized spacial score (nSPS) is 24.6. The standard InChI is InChI=1S/C22H24FN3O2/c1-15-4-2-6-19(24-15)20(27)25-17-5-3-11-22(14-17)12-13-26(21(22)28)18-9-7-16(23)8-10-18/h2,4,6-10,17H,3,5,11-14H2,1H3,(H,25,27)/t17-,22-/m0/s1. The van der Waals surface area contributed by atoms with Crippen LogP contribution in [0.2, 0.25) is 0 Å². The molecule has 1 saturated heterocycles. The van der Waals surface area contributed by atoms with Crippen molar-refractivity contribution in [3.05, 3.63) is 59.7 Å². The molecule has 1 N–H and O–H groups in total. The molecule has 0 bridgehead atoms. The van der Waals surface area contributed by atoms with E-state index in [1.165, 1.54) is 12.1 Å². The molecule has 146 valence electrons. The van der Waals surface area contributed by atoms with E-state index in [4.69, 9.17) is 0 Å². The Kier molecular flexibility index (Phi) is 4.87. The molecule has 1 saturated carbocycles. The molecule has 1 aliphatic heterocycles. The number of rotatable bonds is 3. The van der Waals surface area contributed by atoms with Crippen molar-refractivity contribution in [2.24, 2.45) is 5.41 Å². The van der Waals surface area contributed by atoms with E-state index in [1.54, 1.807) is 23.1 Å². The first-order chi connectivity index (χ1) is 13.5. The van der Waals surface area contributed by atoms with Crippen LogP contribution in [0.3, 0.4) is 0 Å². The summed E-state index contributed by atoms with van der Waals surface area (Å²) in [7, 11) is 0. The Morgan fingerprint density at radius 1 is 1.21 bits per heavy atom. The number of aryl methyl sites for hydroxylation is 1. The number of amides is 2. The summed E-state index contributed by atoms with van der Waals surface area (Å²) in [6.45, 7) is 2.48. The second-order valence-electron chi connectivity index (χ2n) is 7.89. The summed E-state index contributed by atoms with van der Waals surface area (Å²) >= 11 is 0. The van der Waals surface area contributed by atoms with E-state index in [0.29, 0.717) is 18.7 Å². The molecule has 4 rings (SSSR count). The van der Waals surface area contributed by atoms with Crippen molar-refractivity contribution in [3.63, 3.8) is 0 Å². The second-order valence-corrected chi connectivity index (χ2v) is 7.89. The van der Waals surface area contributed by atoms with Gasteiger partial charge in [-0.3, -0.25) is 9.59 Å². The first-order valence-corrected chi connectivity index (χ1v) is 9.79. The van der Waals surface area contributed by atoms with Crippen LogP contribution < -0.4 is 10.2 Å². The third-order valence-corrected chi connectivity index (χ3v) is 5.95. The number of carbonyl (C=O) groups excluding carboxylic acids is 2. The lowest BCUT2D eigenvalue weighted by Crippen LogP contribution is -2.46. The molecule has 2 aliphatic rings. The summed E-state index contributed by atoms with van der Waals surface area (Å²) in [6, 6.07) is 11.4. The SMILES string of the molecule is Cc1cccc(C(=O)N[C@H]2CCC[C@]3(CCN(c4ccc(F)cc4)C3=O)C2)n1. The molecular weight excluding hydrogens is 357 g/mol. The summed E-state index contributed by atoms with van der Waals surface area (Å²) in [5, 5.41) is 3.07. The van der Waals surface area contributed by atoms with Gasteiger partial charge in [-0.2, -0.15) is 0 Å². The topological polar surface area (TPSA) is 62.3 Å². The smallest absolute Gasteiger partial charge is 0.270 e. The van der Waals surface area contributed by atoms with Gasteiger partial charge in [-0.15, -0.1) is 0 Å². The number of hydrogen-bond acceptors (Lipinski definition) is 3. The molecule has 2 heterocycles. The van der Waals surface area contributed by atoms with E-state index >= 15 is 0 Å². The molecule has 2 fully saturated rings. The van der Waals surface area contributed by atoms with Gasteiger partial charge in [-0.25, -0.2) is 9.37 Å². The number of hydrogen-bond donors (Lipinski definition) is 1. The van der Waals surface area contributed by atoms with Gasteiger partial charge < -0.3 is 10.2 Å². The van der Waals surface area contributed by atoms with Gasteiger partial charge in [-0.05, 0) is 69.0 Å². The maximum Gasteiger partial charge on any atom is 0.270 e. The minimum atomic E-state index is -0.440. The largest absolute Gasteiger partial charge is 0.348 e. The van der Waals surface area contributed by atoms with Gasteiger partial charge in [0.25, 0.3) is 5.91 Å². The number of anilines is 1. The maximum atomic E-state index is 13.2. The summed E-state index contributed by atoms with van der Waals surface area (Å²) in [6.07, 6.45) is 4.00. The second kappa shape index (κ2) is 7.34. The third-order valence-electron chi connectivity index (χ3n) is 5.95. The molecule has 1 spiro atoms. The zero-order valence-electron chi connectivity index (χ0n) is 16.0. The minimum Gasteiger partial charge on any atom is -0.348 e. The highest BCUT2D eigenvalue weighted by Crippen LogP contribution is 2.46. The zero-order valence-corrected chi connectivity index (χ0v) is 16.0. The fourth-order valence-corrected chi connectivity index (χ4v) is 4.52. The Hall–Kier alpha value is -2.76. The van der Waals surface area contributed by atoms with Crippen molar-refractivity contribution < 1.29 is 14.0 Å². The molecule has 2 amide bonds. The van der Waals surface area contributed by atoms with E-state index in [1.807, 2.05) is 19.1 Å². The minimum absolute atomic E-state index is 0.0410. The highest BCUT2D eigenvalue weighted by molar-refractivity contribution is 6.00. The van der Waals surface area contributed by atoms with Crippen molar-refractivity contribution in [3.8, 4) is 0 Å². The fraction of sp³-hybridized carbons (Fsp3) is 0.409. The number of nitrogens with zero attached hydrogens (tertiary/aromatic N) is 2. The first-order valence-electron chi connectivity index (χ1n) is 9.79. The van der Waals surface area contributed by atoms with Crippen molar-refractivity contribution in [2.75, 3.05) is 11.4 Å². The van der Waals surface area contributed by atoms with Crippen LogP contribution in [0.5, 0.6) is 0 Å². The number of halogens is 1. The van der Waals surface area contributed by atoms with Gasteiger partial charge in [0.05, 0.1) is 5.41 Å². The molecule has 0 radical (unpaired) electrons. The number of aromatic nitrogens is 1. The van der Waals surface area contributed by atoms with Gasteiger partial charge >= 0.3 is 0 Å². The van der Waals surface area contributed by atoms with Crippen LogP contribution in [-0.4, -0.2) is 29.4 Å². The van der Waals surface area contributed by atoms with E-state index in [9.17, 15) is 14.0 Å². The van der Waals surface area contributed by atoms with Crippen molar-refractivity contribution in [2.45, 2.75) is 45.1 Å². The third kappa shape index (κ3) is 3.51. The molecular formula is C22H24FN3O2. The number of benzene rings is 1. The highest BCUT2D eigenvalue weighted by Gasteiger charge is 2.49. The van der Waals surface area contributed by atoms with Crippen LogP contribution in [0.25, 0.3) is 0 Å². The van der Waals surface area contributed by atoms with Gasteiger partial charge in [-0.1, -0.05) is 12.5 Å². The Labute approximate surface area is 164 Å². The van der Waals surface area contributed by atoms with Crippen LogP contribution in [0.15, 0.2) is 42.5 Å². The first kappa shape index (κ1) is 18.6. The average Bonchev–Trinajstić information content (AvgIpc) is 2.98. The van der Waals surface area contributed by atoms with Crippen LogP contribution in [-0.2, 0) is 4.79 Å². The summed E-state index contributed by atoms with van der Waals surface area (Å²) in [4.78, 5) is 31.8. The fourth-order valence-electron chi connectivity index (χ4n) is 4.52. The van der Waals surface area contributed by atoms with E-state index in [0.717, 1.165) is 37.1 Å². The molecule has 1 aromatic carbocycles. The molecule has 1 aliphatic carbocycles. The van der Waals surface area contributed by atoms with Gasteiger partial charge in [0, 0.05) is 24.0 Å². The van der Waals surface area contributed by atoms with Crippen LogP contribution >= 0.6 is 0 Å². The number of carbonyl (C=O) groups is 2. The Morgan fingerprint density at radius 3 is 2.75 bits per heavy atom. The Bertz CT molecular complexity index is 899. The summed E-state index contributed by atoms with van der Waals surface area (Å²) < 4.78 is 13.2. The molecule has 28 heavy (non-hydrogen) atoms. The predicted molar refractivity (Wildman–Crippen MR) is 104 cm³/mol. The molecule has 2 aromatic rings. The van der Waals surface area contributed by atoms with Gasteiger partial charge in [0.1, 0.15) is 11.5 Å². The van der Waals surface area contributed by atoms with Crippen molar-refractivity contribution in [1.29, 1.82) is 0 Å². The summed E-state index contributed by atoms with van der Waals surface area (Å²) in [5.74, 6) is -0.409. The van der Waals surface area contributed by atoms with Crippen LogP contribution in [0.4, 0.5) is 10.1 Å². The maximum absolute atomic E-state index is 13.2. The number of pyridine rings is 1. The van der Waals surface area contributed by atoms with E-state index in [-0.39, 0.29) is 23.7 Å². The summed E-state index contributed by atoms with van der Waals surface area (Å²) in [5.41, 5.74) is 1.50. The Morgan fingerprint density at radius 2 is 2.00 bits per heavy atom. The van der Waals surface area contributed by atoms with Gasteiger partial charge in [0.2, 0.25) is 5.91 Å². The average molecular weight is 381 g/mol. The van der Waals surface area contributed by atoms with Crippen molar-refractivity contribution >= 4 is 17.5 Å². The number of nitrogens with one attached hydrogen (secondary N) is 1. The molecule has 5 nitrogen and oxygen atoms in total. The van der Waals surface area contributed by atoms with Crippen LogP contribution in [0, 0.1) is 18.2 Å². The van der Waals surface area contributed by atoms with Crippen molar-refractivity contribution in [1.82, 2.24) is 10.3 Å². The Balaban J connectivity index is 1.46. The van der Waals surface area contributed by atoms with Crippen LogP contribution in [0.1, 0.15) is 48.3 Å². The predicted octanol–water partition coefficient (Wildman–Crippen LogP) is 3.62. The van der Waals surface area contributed by atoms with E-state index < -0.39 is 5.41 Å². The zero-order chi connectivity index (χ0) is 19.7. The lowest BCUT2D eigenvalue weighted by atomic mass is 9.71. The quantitative estimate of drug-likeness (QED) is 0.883. The monoisotopic (exact) mass is 381 g/mol. The molecule has 2 atom stereocenters. The molecule has 1 aromatic heterocycles. The lowest BCUT2D eigenvalue weighted by Gasteiger charge is -2.36.